The fraction of sp³-hybridized carbons (Fsp3) is 0.357. The number of phenolic OH excluding ortho intramolecular Hbond substituents is 1. The summed E-state index contributed by atoms with van der Waals surface area (Å²) in [5.74, 6) is 1.55. The van der Waals surface area contributed by atoms with Crippen LogP contribution in [0, 0.1) is 0 Å². The van der Waals surface area contributed by atoms with Crippen LogP contribution in [0.15, 0.2) is 72.8 Å². The number of phenols is 1. The van der Waals surface area contributed by atoms with E-state index < -0.39 is 0 Å². The van der Waals surface area contributed by atoms with Crippen molar-refractivity contribution < 1.29 is 9.84 Å². The zero-order valence-corrected chi connectivity index (χ0v) is 18.0. The SMILES string of the molecule is Oc1ccc2c(c1)C(c1ccc(CCCN3CCCC3)cc1)C(c1ccccc1)CO2. The molecule has 2 atom stereocenters. The van der Waals surface area contributed by atoms with Crippen LogP contribution in [-0.4, -0.2) is 36.2 Å². The molecule has 31 heavy (non-hydrogen) atoms. The Bertz CT molecular complexity index is 993. The van der Waals surface area contributed by atoms with Crippen molar-refractivity contribution in [3.05, 3.63) is 95.1 Å². The first-order valence-electron chi connectivity index (χ1n) is 11.6. The number of aromatic hydroxyl groups is 1. The molecule has 1 N–H and O–H groups in total. The summed E-state index contributed by atoms with van der Waals surface area (Å²) in [5.41, 5.74) is 5.03. The Morgan fingerprint density at radius 2 is 1.65 bits per heavy atom. The summed E-state index contributed by atoms with van der Waals surface area (Å²) in [6.45, 7) is 4.40. The van der Waals surface area contributed by atoms with Crippen LogP contribution in [0.25, 0.3) is 0 Å². The molecular weight excluding hydrogens is 382 g/mol. The van der Waals surface area contributed by atoms with Gasteiger partial charge in [-0.3, -0.25) is 0 Å². The van der Waals surface area contributed by atoms with Crippen molar-refractivity contribution >= 4 is 0 Å². The molecule has 5 rings (SSSR count). The second kappa shape index (κ2) is 9.15. The maximum absolute atomic E-state index is 10.2. The van der Waals surface area contributed by atoms with E-state index in [1.165, 1.54) is 55.6 Å². The van der Waals surface area contributed by atoms with Crippen LogP contribution in [0.2, 0.25) is 0 Å². The summed E-state index contributed by atoms with van der Waals surface area (Å²) in [4.78, 5) is 2.59. The van der Waals surface area contributed by atoms with Gasteiger partial charge in [0.25, 0.3) is 0 Å². The maximum atomic E-state index is 10.2. The standard InChI is InChI=1S/C28H31NO2/c30-24-14-15-27-25(19-24)28(26(20-31-27)22-8-2-1-3-9-22)23-12-10-21(11-13-23)7-6-18-29-16-4-5-17-29/h1-3,8-15,19,26,28,30H,4-7,16-18,20H2. The average molecular weight is 414 g/mol. The number of benzene rings is 3. The van der Waals surface area contributed by atoms with Gasteiger partial charge in [-0.2, -0.15) is 0 Å². The summed E-state index contributed by atoms with van der Waals surface area (Å²) in [5, 5.41) is 10.2. The number of hydrogen-bond donors (Lipinski definition) is 1. The van der Waals surface area contributed by atoms with Gasteiger partial charge in [0.1, 0.15) is 11.5 Å². The molecule has 0 radical (unpaired) electrons. The van der Waals surface area contributed by atoms with E-state index in [2.05, 4.69) is 59.5 Å². The predicted molar refractivity (Wildman–Crippen MR) is 125 cm³/mol. The molecule has 3 aromatic rings. The molecule has 0 amide bonds. The molecule has 0 aliphatic carbocycles. The van der Waals surface area contributed by atoms with Crippen molar-refractivity contribution in [2.45, 2.75) is 37.5 Å². The smallest absolute Gasteiger partial charge is 0.123 e. The lowest BCUT2D eigenvalue weighted by Crippen LogP contribution is -2.25. The first-order valence-corrected chi connectivity index (χ1v) is 11.6. The Morgan fingerprint density at radius 3 is 2.42 bits per heavy atom. The summed E-state index contributed by atoms with van der Waals surface area (Å²) in [7, 11) is 0. The van der Waals surface area contributed by atoms with Crippen molar-refractivity contribution in [1.82, 2.24) is 4.90 Å². The Balaban J connectivity index is 1.39. The van der Waals surface area contributed by atoms with Crippen LogP contribution >= 0.6 is 0 Å². The van der Waals surface area contributed by atoms with Gasteiger partial charge in [-0.15, -0.1) is 0 Å². The highest BCUT2D eigenvalue weighted by Gasteiger charge is 2.33. The third kappa shape index (κ3) is 4.47. The number of fused-ring (bicyclic) bond motifs is 1. The van der Waals surface area contributed by atoms with Crippen LogP contribution < -0.4 is 4.74 Å². The van der Waals surface area contributed by atoms with Gasteiger partial charge >= 0.3 is 0 Å². The minimum Gasteiger partial charge on any atom is -0.508 e. The molecule has 3 aromatic carbocycles. The second-order valence-electron chi connectivity index (χ2n) is 8.92. The van der Waals surface area contributed by atoms with Gasteiger partial charge in [0.05, 0.1) is 6.61 Å². The second-order valence-corrected chi connectivity index (χ2v) is 8.92. The van der Waals surface area contributed by atoms with E-state index in [0.717, 1.165) is 17.7 Å². The van der Waals surface area contributed by atoms with Gasteiger partial charge in [-0.05, 0) is 80.2 Å². The minimum atomic E-state index is 0.164. The van der Waals surface area contributed by atoms with Crippen LogP contribution in [0.1, 0.15) is 53.4 Å². The minimum absolute atomic E-state index is 0.164. The number of hydrogen-bond acceptors (Lipinski definition) is 3. The molecule has 0 bridgehead atoms. The lowest BCUT2D eigenvalue weighted by atomic mass is 9.75. The number of rotatable bonds is 6. The highest BCUT2D eigenvalue weighted by molar-refractivity contribution is 5.50. The summed E-state index contributed by atoms with van der Waals surface area (Å²) in [6.07, 6.45) is 5.07. The van der Waals surface area contributed by atoms with Gasteiger partial charge in [-0.25, -0.2) is 0 Å². The molecule has 2 unspecified atom stereocenters. The normalized spacial score (nSPS) is 20.9. The first-order chi connectivity index (χ1) is 15.3. The van der Waals surface area contributed by atoms with Crippen LogP contribution in [-0.2, 0) is 6.42 Å². The molecule has 3 nitrogen and oxygen atoms in total. The number of aryl methyl sites for hydroxylation is 1. The third-order valence-electron chi connectivity index (χ3n) is 6.85. The average Bonchev–Trinajstić information content (AvgIpc) is 3.33. The molecule has 3 heteroatoms. The Hall–Kier alpha value is -2.78. The quantitative estimate of drug-likeness (QED) is 0.560. The first kappa shape index (κ1) is 20.1. The van der Waals surface area contributed by atoms with Crippen molar-refractivity contribution in [1.29, 1.82) is 0 Å². The summed E-state index contributed by atoms with van der Waals surface area (Å²) < 4.78 is 6.11. The molecule has 2 aliphatic rings. The molecule has 1 saturated heterocycles. The van der Waals surface area contributed by atoms with Crippen molar-refractivity contribution in [3.63, 3.8) is 0 Å². The topological polar surface area (TPSA) is 32.7 Å². The zero-order valence-electron chi connectivity index (χ0n) is 18.0. The third-order valence-corrected chi connectivity index (χ3v) is 6.85. The molecule has 160 valence electrons. The number of likely N-dealkylation sites (tertiary alicyclic amines) is 1. The molecule has 0 spiro atoms. The maximum Gasteiger partial charge on any atom is 0.123 e. The van der Waals surface area contributed by atoms with Gasteiger partial charge in [-0.1, -0.05) is 54.6 Å². The number of nitrogens with zero attached hydrogens (tertiary/aromatic N) is 1. The molecule has 1 fully saturated rings. The lowest BCUT2D eigenvalue weighted by Gasteiger charge is -2.34. The van der Waals surface area contributed by atoms with Gasteiger partial charge in [0.15, 0.2) is 0 Å². The van der Waals surface area contributed by atoms with Crippen LogP contribution in [0.4, 0.5) is 0 Å². The van der Waals surface area contributed by atoms with E-state index >= 15 is 0 Å². The highest BCUT2D eigenvalue weighted by Crippen LogP contribution is 2.46. The van der Waals surface area contributed by atoms with E-state index in [1.54, 1.807) is 6.07 Å². The largest absolute Gasteiger partial charge is 0.508 e. The Morgan fingerprint density at radius 1 is 0.871 bits per heavy atom. The Labute approximate surface area is 185 Å². The predicted octanol–water partition coefficient (Wildman–Crippen LogP) is 5.73. The molecular formula is C28H31NO2. The lowest BCUT2D eigenvalue weighted by molar-refractivity contribution is 0.248. The van der Waals surface area contributed by atoms with E-state index in [1.807, 2.05) is 12.1 Å². The van der Waals surface area contributed by atoms with E-state index in [9.17, 15) is 5.11 Å². The van der Waals surface area contributed by atoms with Gasteiger partial charge < -0.3 is 14.7 Å². The molecule has 0 aromatic heterocycles. The van der Waals surface area contributed by atoms with Crippen molar-refractivity contribution in [2.24, 2.45) is 0 Å². The van der Waals surface area contributed by atoms with Gasteiger partial charge in [0, 0.05) is 17.4 Å². The van der Waals surface area contributed by atoms with Crippen molar-refractivity contribution in [2.75, 3.05) is 26.2 Å². The van der Waals surface area contributed by atoms with E-state index in [0.29, 0.717) is 12.4 Å². The van der Waals surface area contributed by atoms with Crippen molar-refractivity contribution in [3.8, 4) is 11.5 Å². The van der Waals surface area contributed by atoms with E-state index in [-0.39, 0.29) is 11.8 Å². The highest BCUT2D eigenvalue weighted by atomic mass is 16.5. The molecule has 2 heterocycles. The fourth-order valence-electron chi connectivity index (χ4n) is 5.21. The Kier molecular flexibility index (Phi) is 5.95. The van der Waals surface area contributed by atoms with Crippen LogP contribution in [0.3, 0.4) is 0 Å². The van der Waals surface area contributed by atoms with Crippen LogP contribution in [0.5, 0.6) is 11.5 Å². The molecule has 0 saturated carbocycles. The molecule has 2 aliphatic heterocycles. The summed E-state index contributed by atoms with van der Waals surface area (Å²) in [6, 6.07) is 25.2. The monoisotopic (exact) mass is 413 g/mol. The zero-order chi connectivity index (χ0) is 21.0. The summed E-state index contributed by atoms with van der Waals surface area (Å²) >= 11 is 0. The fourth-order valence-corrected chi connectivity index (χ4v) is 5.21. The van der Waals surface area contributed by atoms with E-state index in [4.69, 9.17) is 4.74 Å². The number of ether oxygens (including phenoxy) is 1. The van der Waals surface area contributed by atoms with Gasteiger partial charge in [0.2, 0.25) is 0 Å².